The summed E-state index contributed by atoms with van der Waals surface area (Å²) < 4.78 is 38.2. The highest BCUT2D eigenvalue weighted by atomic mass is 19.2. The van der Waals surface area contributed by atoms with E-state index in [0.717, 1.165) is 23.6 Å². The normalized spacial score (nSPS) is 20.3. The fourth-order valence-corrected chi connectivity index (χ4v) is 3.13. The average Bonchev–Trinajstić information content (AvgIpc) is 2.71. The summed E-state index contributed by atoms with van der Waals surface area (Å²) in [5.74, 6) is -1.39. The lowest BCUT2D eigenvalue weighted by molar-refractivity contribution is -0.197. The molecule has 0 bridgehead atoms. The molecule has 1 aliphatic rings. The Morgan fingerprint density at radius 2 is 1.63 bits per heavy atom. The Balaban J connectivity index is 1.53. The van der Waals surface area contributed by atoms with E-state index in [1.807, 2.05) is 24.3 Å². The Labute approximate surface area is 159 Å². The van der Waals surface area contributed by atoms with Gasteiger partial charge in [0, 0.05) is 11.5 Å². The maximum atomic E-state index is 13.4. The Morgan fingerprint density at radius 3 is 2.30 bits per heavy atom. The third kappa shape index (κ3) is 5.47. The quantitative estimate of drug-likeness (QED) is 0.412. The predicted molar refractivity (Wildman–Crippen MR) is 103 cm³/mol. The topological polar surface area (TPSA) is 18.5 Å². The van der Waals surface area contributed by atoms with Crippen LogP contribution in [0.25, 0.3) is 11.1 Å². The molecule has 4 heteroatoms. The van der Waals surface area contributed by atoms with E-state index in [2.05, 4.69) is 19.1 Å². The number of unbranched alkanes of at least 4 members (excludes halogenated alkanes) is 3. The third-order valence-corrected chi connectivity index (χ3v) is 4.74. The molecule has 0 amide bonds. The van der Waals surface area contributed by atoms with Crippen molar-refractivity contribution in [2.45, 2.75) is 38.9 Å². The van der Waals surface area contributed by atoms with E-state index in [0.29, 0.717) is 24.7 Å². The number of halogens is 2. The minimum atomic E-state index is -0.843. The molecule has 144 valence electrons. The Kier molecular flexibility index (Phi) is 7.13. The van der Waals surface area contributed by atoms with Gasteiger partial charge in [0.2, 0.25) is 0 Å². The van der Waals surface area contributed by atoms with Crippen molar-refractivity contribution in [2.75, 3.05) is 13.2 Å². The van der Waals surface area contributed by atoms with Crippen LogP contribution in [0.1, 0.15) is 44.5 Å². The van der Waals surface area contributed by atoms with Crippen LogP contribution in [0.4, 0.5) is 8.78 Å². The highest BCUT2D eigenvalue weighted by molar-refractivity contribution is 5.63. The third-order valence-electron chi connectivity index (χ3n) is 4.74. The second-order valence-electron chi connectivity index (χ2n) is 6.93. The van der Waals surface area contributed by atoms with E-state index < -0.39 is 11.6 Å². The fraction of sp³-hybridized carbons (Fsp3) is 0.391. The van der Waals surface area contributed by atoms with Crippen LogP contribution in [0.2, 0.25) is 0 Å². The van der Waals surface area contributed by atoms with Crippen LogP contribution in [-0.2, 0) is 9.47 Å². The van der Waals surface area contributed by atoms with Gasteiger partial charge in [-0.15, -0.1) is 0 Å². The van der Waals surface area contributed by atoms with Crippen LogP contribution in [0.3, 0.4) is 0 Å². The molecule has 2 aromatic carbocycles. The number of rotatable bonds is 7. The minimum Gasteiger partial charge on any atom is -0.348 e. The number of benzene rings is 2. The fourth-order valence-electron chi connectivity index (χ4n) is 3.13. The molecule has 0 N–H and O–H groups in total. The molecule has 0 saturated carbocycles. The van der Waals surface area contributed by atoms with E-state index in [-0.39, 0.29) is 6.29 Å². The van der Waals surface area contributed by atoms with Crippen LogP contribution < -0.4 is 0 Å². The molecular formula is C23H26F2O2. The lowest BCUT2D eigenvalue weighted by Gasteiger charge is -2.28. The van der Waals surface area contributed by atoms with Gasteiger partial charge in [0.1, 0.15) is 0 Å². The minimum absolute atomic E-state index is 0.296. The molecule has 0 atom stereocenters. The van der Waals surface area contributed by atoms with Crippen LogP contribution in [0.15, 0.2) is 54.6 Å². The zero-order chi connectivity index (χ0) is 19.1. The van der Waals surface area contributed by atoms with Gasteiger partial charge in [-0.25, -0.2) is 8.78 Å². The number of hydrogen-bond acceptors (Lipinski definition) is 2. The summed E-state index contributed by atoms with van der Waals surface area (Å²) in [6.45, 7) is 3.48. The standard InChI is InChI=1S/C23H26F2O2/c1-2-3-4-5-6-7-17-15-26-23(27-16-17)19-10-8-18(9-11-19)20-12-13-21(24)22(25)14-20/h6-14,17,23H,2-5,15-16H2,1H3/b7-6+. The van der Waals surface area contributed by atoms with Crippen LogP contribution in [-0.4, -0.2) is 13.2 Å². The molecule has 0 unspecified atom stereocenters. The number of hydrogen-bond donors (Lipinski definition) is 0. The predicted octanol–water partition coefficient (Wildman–Crippen LogP) is 6.43. The lowest BCUT2D eigenvalue weighted by Crippen LogP contribution is -2.25. The molecule has 1 heterocycles. The summed E-state index contributed by atoms with van der Waals surface area (Å²) in [6, 6.07) is 11.5. The molecule has 3 rings (SSSR count). The second-order valence-corrected chi connectivity index (χ2v) is 6.93. The van der Waals surface area contributed by atoms with Gasteiger partial charge in [-0.05, 0) is 36.1 Å². The highest BCUT2D eigenvalue weighted by Crippen LogP contribution is 2.28. The first-order valence-electron chi connectivity index (χ1n) is 9.62. The molecule has 1 fully saturated rings. The Hall–Kier alpha value is -2.04. The highest BCUT2D eigenvalue weighted by Gasteiger charge is 2.22. The van der Waals surface area contributed by atoms with Gasteiger partial charge >= 0.3 is 0 Å². The zero-order valence-corrected chi connectivity index (χ0v) is 15.7. The molecule has 0 spiro atoms. The largest absolute Gasteiger partial charge is 0.348 e. The van der Waals surface area contributed by atoms with Crippen molar-refractivity contribution in [3.63, 3.8) is 0 Å². The number of allylic oxidation sites excluding steroid dienone is 1. The van der Waals surface area contributed by atoms with Crippen molar-refractivity contribution >= 4 is 0 Å². The summed E-state index contributed by atoms with van der Waals surface area (Å²) in [5.41, 5.74) is 2.38. The van der Waals surface area contributed by atoms with Crippen LogP contribution in [0.5, 0.6) is 0 Å². The van der Waals surface area contributed by atoms with Crippen molar-refractivity contribution < 1.29 is 18.3 Å². The number of ether oxygens (including phenoxy) is 2. The first-order chi connectivity index (χ1) is 13.2. The SMILES string of the molecule is CCCCC/C=C/C1COC(c2ccc(-c3ccc(F)c(F)c3)cc2)OC1. The molecule has 2 nitrogen and oxygen atoms in total. The smallest absolute Gasteiger partial charge is 0.183 e. The van der Waals surface area contributed by atoms with Crippen LogP contribution in [0, 0.1) is 17.6 Å². The Morgan fingerprint density at radius 1 is 0.926 bits per heavy atom. The Bertz CT molecular complexity index is 747. The summed E-state index contributed by atoms with van der Waals surface area (Å²) in [4.78, 5) is 0. The average molecular weight is 372 g/mol. The van der Waals surface area contributed by atoms with Crippen molar-refractivity contribution in [3.05, 3.63) is 71.8 Å². The maximum absolute atomic E-state index is 13.4. The molecule has 0 aliphatic carbocycles. The van der Waals surface area contributed by atoms with E-state index in [1.54, 1.807) is 6.07 Å². The monoisotopic (exact) mass is 372 g/mol. The van der Waals surface area contributed by atoms with Crippen molar-refractivity contribution in [1.29, 1.82) is 0 Å². The second kappa shape index (κ2) is 9.77. The van der Waals surface area contributed by atoms with Crippen molar-refractivity contribution in [1.82, 2.24) is 0 Å². The van der Waals surface area contributed by atoms with E-state index in [4.69, 9.17) is 9.47 Å². The van der Waals surface area contributed by atoms with Gasteiger partial charge in [-0.3, -0.25) is 0 Å². The maximum Gasteiger partial charge on any atom is 0.183 e. The molecule has 27 heavy (non-hydrogen) atoms. The van der Waals surface area contributed by atoms with Gasteiger partial charge in [0.15, 0.2) is 17.9 Å². The molecule has 2 aromatic rings. The molecular weight excluding hydrogens is 346 g/mol. The lowest BCUT2D eigenvalue weighted by atomic mass is 10.0. The van der Waals surface area contributed by atoms with Gasteiger partial charge < -0.3 is 9.47 Å². The van der Waals surface area contributed by atoms with Gasteiger partial charge in [-0.2, -0.15) is 0 Å². The molecule has 1 aliphatic heterocycles. The first-order valence-corrected chi connectivity index (χ1v) is 9.62. The summed E-state index contributed by atoms with van der Waals surface area (Å²) in [7, 11) is 0. The zero-order valence-electron chi connectivity index (χ0n) is 15.7. The van der Waals surface area contributed by atoms with Gasteiger partial charge in [0.05, 0.1) is 13.2 Å². The van der Waals surface area contributed by atoms with Crippen molar-refractivity contribution in [3.8, 4) is 11.1 Å². The van der Waals surface area contributed by atoms with Gasteiger partial charge in [0.25, 0.3) is 0 Å². The summed E-state index contributed by atoms with van der Waals surface area (Å²) in [6.07, 6.45) is 8.88. The first kappa shape index (κ1) is 19.7. The van der Waals surface area contributed by atoms with E-state index >= 15 is 0 Å². The van der Waals surface area contributed by atoms with E-state index in [1.165, 1.54) is 25.3 Å². The summed E-state index contributed by atoms with van der Waals surface area (Å²) >= 11 is 0. The van der Waals surface area contributed by atoms with Gasteiger partial charge in [-0.1, -0.05) is 62.2 Å². The van der Waals surface area contributed by atoms with E-state index in [9.17, 15) is 8.78 Å². The summed E-state index contributed by atoms with van der Waals surface area (Å²) in [5, 5.41) is 0. The molecule has 0 radical (unpaired) electrons. The van der Waals surface area contributed by atoms with Crippen LogP contribution >= 0.6 is 0 Å². The van der Waals surface area contributed by atoms with Crippen molar-refractivity contribution in [2.24, 2.45) is 5.92 Å². The molecule has 1 saturated heterocycles. The molecule has 0 aromatic heterocycles.